The zero-order valence-electron chi connectivity index (χ0n) is 16.6. The first-order valence-electron chi connectivity index (χ1n) is 9.80. The number of ether oxygens (including phenoxy) is 1. The summed E-state index contributed by atoms with van der Waals surface area (Å²) in [5.41, 5.74) is 3.05. The van der Waals surface area contributed by atoms with Gasteiger partial charge in [0, 0.05) is 18.2 Å². The molecule has 0 saturated carbocycles. The van der Waals surface area contributed by atoms with E-state index in [1.54, 1.807) is 0 Å². The van der Waals surface area contributed by atoms with Gasteiger partial charge in [-0.25, -0.2) is 0 Å². The second kappa shape index (κ2) is 9.51. The summed E-state index contributed by atoms with van der Waals surface area (Å²) in [5.74, 6) is -0.327. The minimum Gasteiger partial charge on any atom is -0.468 e. The largest absolute Gasteiger partial charge is 0.468 e. The zero-order valence-corrected chi connectivity index (χ0v) is 16.6. The van der Waals surface area contributed by atoms with E-state index in [1.165, 1.54) is 12.7 Å². The number of benzene rings is 2. The average Bonchev–Trinajstić information content (AvgIpc) is 3.11. The number of carbonyl (C=O) groups is 2. The monoisotopic (exact) mass is 380 g/mol. The number of aryl methyl sites for hydroxylation is 2. The van der Waals surface area contributed by atoms with Crippen molar-refractivity contribution in [2.24, 2.45) is 0 Å². The maximum atomic E-state index is 12.5. The molecular formula is C23H28N2O3. The summed E-state index contributed by atoms with van der Waals surface area (Å²) >= 11 is 0. The second-order valence-corrected chi connectivity index (χ2v) is 7.40. The molecule has 28 heavy (non-hydrogen) atoms. The third kappa shape index (κ3) is 5.20. The Balaban J connectivity index is 1.57. The second-order valence-electron chi connectivity index (χ2n) is 7.40. The van der Waals surface area contributed by atoms with Gasteiger partial charge in [-0.15, -0.1) is 0 Å². The standard InChI is InChI=1S/C23H28N2O3/c1-17-10-12-19(13-11-17)22(26)24-20-15-21(23(27)28-2)25(16-20)14-6-9-18-7-4-3-5-8-18/h3-5,7-8,10-13,20-21H,6,9,14-16H2,1-2H3,(H,24,26)/t20-,21+/m1/s1. The molecule has 0 radical (unpaired) electrons. The topological polar surface area (TPSA) is 58.6 Å². The van der Waals surface area contributed by atoms with Crippen molar-refractivity contribution in [3.8, 4) is 0 Å². The lowest BCUT2D eigenvalue weighted by molar-refractivity contribution is -0.145. The molecule has 0 spiro atoms. The van der Waals surface area contributed by atoms with E-state index < -0.39 is 0 Å². The lowest BCUT2D eigenvalue weighted by Crippen LogP contribution is -2.38. The highest BCUT2D eigenvalue weighted by molar-refractivity contribution is 5.94. The normalized spacial score (nSPS) is 19.4. The Morgan fingerprint density at radius 2 is 1.82 bits per heavy atom. The molecule has 0 bridgehead atoms. The quantitative estimate of drug-likeness (QED) is 0.751. The Bertz CT molecular complexity index is 789. The van der Waals surface area contributed by atoms with Crippen LogP contribution in [0.2, 0.25) is 0 Å². The molecule has 1 saturated heterocycles. The number of amides is 1. The van der Waals surface area contributed by atoms with Gasteiger partial charge in [-0.1, -0.05) is 48.0 Å². The molecule has 3 rings (SSSR count). The molecule has 1 N–H and O–H groups in total. The van der Waals surface area contributed by atoms with Crippen LogP contribution in [0, 0.1) is 6.92 Å². The van der Waals surface area contributed by atoms with Crippen molar-refractivity contribution in [2.45, 2.75) is 38.3 Å². The molecule has 0 unspecified atom stereocenters. The minimum absolute atomic E-state index is 0.0605. The smallest absolute Gasteiger partial charge is 0.323 e. The minimum atomic E-state index is -0.302. The summed E-state index contributed by atoms with van der Waals surface area (Å²) in [6, 6.07) is 17.5. The van der Waals surface area contributed by atoms with Crippen LogP contribution in [0.15, 0.2) is 54.6 Å². The number of likely N-dealkylation sites (tertiary alicyclic amines) is 1. The van der Waals surface area contributed by atoms with Gasteiger partial charge in [-0.05, 0) is 50.4 Å². The van der Waals surface area contributed by atoms with E-state index in [9.17, 15) is 9.59 Å². The van der Waals surface area contributed by atoms with Crippen LogP contribution in [-0.2, 0) is 16.0 Å². The highest BCUT2D eigenvalue weighted by atomic mass is 16.5. The van der Waals surface area contributed by atoms with Crippen LogP contribution < -0.4 is 5.32 Å². The number of rotatable bonds is 7. The number of methoxy groups -OCH3 is 1. The average molecular weight is 380 g/mol. The lowest BCUT2D eigenvalue weighted by Gasteiger charge is -2.22. The van der Waals surface area contributed by atoms with Gasteiger partial charge < -0.3 is 10.1 Å². The van der Waals surface area contributed by atoms with Crippen molar-refractivity contribution in [2.75, 3.05) is 20.2 Å². The molecule has 1 aliphatic rings. The molecule has 5 nitrogen and oxygen atoms in total. The molecule has 148 valence electrons. The fraction of sp³-hybridized carbons (Fsp3) is 0.391. The van der Waals surface area contributed by atoms with Gasteiger partial charge in [0.1, 0.15) is 6.04 Å². The summed E-state index contributed by atoms with van der Waals surface area (Å²) in [4.78, 5) is 26.9. The van der Waals surface area contributed by atoms with E-state index in [4.69, 9.17) is 4.74 Å². The van der Waals surface area contributed by atoms with Crippen LogP contribution in [-0.4, -0.2) is 49.1 Å². The summed E-state index contributed by atoms with van der Waals surface area (Å²) in [5, 5.41) is 3.07. The molecule has 2 aromatic carbocycles. The van der Waals surface area contributed by atoms with Crippen LogP contribution in [0.5, 0.6) is 0 Å². The van der Waals surface area contributed by atoms with Crippen LogP contribution >= 0.6 is 0 Å². The first kappa shape index (κ1) is 20.1. The van der Waals surface area contributed by atoms with Crippen molar-refractivity contribution in [3.63, 3.8) is 0 Å². The predicted molar refractivity (Wildman–Crippen MR) is 109 cm³/mol. The lowest BCUT2D eigenvalue weighted by atomic mass is 10.1. The van der Waals surface area contributed by atoms with Gasteiger partial charge in [0.05, 0.1) is 7.11 Å². The fourth-order valence-electron chi connectivity index (χ4n) is 3.74. The molecule has 1 amide bonds. The van der Waals surface area contributed by atoms with Crippen molar-refractivity contribution in [1.29, 1.82) is 0 Å². The van der Waals surface area contributed by atoms with Gasteiger partial charge in [0.25, 0.3) is 5.91 Å². The van der Waals surface area contributed by atoms with Crippen molar-refractivity contribution >= 4 is 11.9 Å². The van der Waals surface area contributed by atoms with Gasteiger partial charge in [-0.3, -0.25) is 14.5 Å². The van der Waals surface area contributed by atoms with Crippen LogP contribution in [0.3, 0.4) is 0 Å². The molecular weight excluding hydrogens is 352 g/mol. The van der Waals surface area contributed by atoms with E-state index in [-0.39, 0.29) is 24.0 Å². The summed E-state index contributed by atoms with van der Waals surface area (Å²) in [6.45, 7) is 3.45. The van der Waals surface area contributed by atoms with E-state index in [0.717, 1.165) is 24.9 Å². The molecule has 1 fully saturated rings. The fourth-order valence-corrected chi connectivity index (χ4v) is 3.74. The summed E-state index contributed by atoms with van der Waals surface area (Å²) < 4.78 is 4.99. The number of hydrogen-bond donors (Lipinski definition) is 1. The highest BCUT2D eigenvalue weighted by Crippen LogP contribution is 2.20. The number of nitrogens with one attached hydrogen (secondary N) is 1. The SMILES string of the molecule is COC(=O)[C@@H]1C[C@@H](NC(=O)c2ccc(C)cc2)CN1CCCc1ccccc1. The van der Waals surface area contributed by atoms with Gasteiger partial charge in [0.2, 0.25) is 0 Å². The third-order valence-corrected chi connectivity index (χ3v) is 5.28. The van der Waals surface area contributed by atoms with E-state index in [1.807, 2.05) is 49.4 Å². The maximum absolute atomic E-state index is 12.5. The number of nitrogens with zero attached hydrogens (tertiary/aromatic N) is 1. The van der Waals surface area contributed by atoms with Crippen LogP contribution in [0.25, 0.3) is 0 Å². The Hall–Kier alpha value is -2.66. The molecule has 1 heterocycles. The van der Waals surface area contributed by atoms with Crippen molar-refractivity contribution < 1.29 is 14.3 Å². The van der Waals surface area contributed by atoms with Crippen LogP contribution in [0.1, 0.15) is 34.3 Å². The molecule has 5 heteroatoms. The third-order valence-electron chi connectivity index (χ3n) is 5.28. The predicted octanol–water partition coefficient (Wildman–Crippen LogP) is 2.97. The first-order valence-corrected chi connectivity index (χ1v) is 9.80. The van der Waals surface area contributed by atoms with Gasteiger partial charge >= 0.3 is 5.97 Å². The molecule has 0 aromatic heterocycles. The highest BCUT2D eigenvalue weighted by Gasteiger charge is 2.37. The van der Waals surface area contributed by atoms with E-state index in [2.05, 4.69) is 22.3 Å². The molecule has 2 atom stereocenters. The first-order chi connectivity index (χ1) is 13.6. The Morgan fingerprint density at radius 1 is 1.11 bits per heavy atom. The Labute approximate surface area is 166 Å². The number of esters is 1. The summed E-state index contributed by atoms with van der Waals surface area (Å²) in [7, 11) is 1.42. The molecule has 0 aliphatic carbocycles. The maximum Gasteiger partial charge on any atom is 0.323 e. The number of carbonyl (C=O) groups excluding carboxylic acids is 2. The van der Waals surface area contributed by atoms with Gasteiger partial charge in [-0.2, -0.15) is 0 Å². The summed E-state index contributed by atoms with van der Waals surface area (Å²) in [6.07, 6.45) is 2.50. The molecule has 2 aromatic rings. The zero-order chi connectivity index (χ0) is 19.9. The Kier molecular flexibility index (Phi) is 6.82. The van der Waals surface area contributed by atoms with Gasteiger partial charge in [0.15, 0.2) is 0 Å². The van der Waals surface area contributed by atoms with E-state index >= 15 is 0 Å². The Morgan fingerprint density at radius 3 is 2.50 bits per heavy atom. The van der Waals surface area contributed by atoms with Crippen LogP contribution in [0.4, 0.5) is 0 Å². The van der Waals surface area contributed by atoms with E-state index in [0.29, 0.717) is 18.5 Å². The molecule has 1 aliphatic heterocycles. The number of hydrogen-bond acceptors (Lipinski definition) is 4. The van der Waals surface area contributed by atoms with Crippen molar-refractivity contribution in [1.82, 2.24) is 10.2 Å². The van der Waals surface area contributed by atoms with Crippen molar-refractivity contribution in [3.05, 3.63) is 71.3 Å².